The van der Waals surface area contributed by atoms with Crippen molar-refractivity contribution in [2.24, 2.45) is 5.73 Å². The monoisotopic (exact) mass is 279 g/mol. The van der Waals surface area contributed by atoms with Crippen molar-refractivity contribution < 1.29 is 18.0 Å². The molecule has 0 aromatic heterocycles. The Kier molecular flexibility index (Phi) is 4.08. The van der Waals surface area contributed by atoms with Crippen molar-refractivity contribution in [3.05, 3.63) is 34.3 Å². The molecule has 2 N–H and O–H groups in total. The molecule has 0 saturated carbocycles. The van der Waals surface area contributed by atoms with Gasteiger partial charge in [0.25, 0.3) is 0 Å². The van der Waals surface area contributed by atoms with Gasteiger partial charge >= 0.3 is 6.18 Å². The van der Waals surface area contributed by atoms with E-state index < -0.39 is 23.9 Å². The third kappa shape index (κ3) is 3.03. The maximum Gasteiger partial charge on any atom is 0.413 e. The minimum Gasteiger partial charge on any atom is -0.312 e. The molecule has 0 aliphatic carbocycles. The van der Waals surface area contributed by atoms with E-state index in [0.717, 1.165) is 5.56 Å². The number of ketones is 1. The van der Waals surface area contributed by atoms with E-state index in [1.54, 1.807) is 19.1 Å². The van der Waals surface area contributed by atoms with E-state index in [2.05, 4.69) is 0 Å². The topological polar surface area (TPSA) is 43.1 Å². The zero-order valence-electron chi connectivity index (χ0n) is 9.94. The van der Waals surface area contributed by atoms with Crippen molar-refractivity contribution in [1.82, 2.24) is 0 Å². The van der Waals surface area contributed by atoms with Crippen LogP contribution in [0, 0.1) is 6.92 Å². The number of benzene rings is 1. The average molecular weight is 280 g/mol. The molecule has 1 aromatic carbocycles. The van der Waals surface area contributed by atoms with Crippen molar-refractivity contribution >= 4 is 17.4 Å². The van der Waals surface area contributed by atoms with Gasteiger partial charge in [0.2, 0.25) is 0 Å². The first-order chi connectivity index (χ1) is 8.05. The zero-order chi connectivity index (χ0) is 14.1. The lowest BCUT2D eigenvalue weighted by atomic mass is 9.92. The minimum absolute atomic E-state index is 0.265. The Bertz CT molecular complexity index is 469. The lowest BCUT2D eigenvalue weighted by Gasteiger charge is -2.26. The third-order valence-corrected chi connectivity index (χ3v) is 3.08. The standard InChI is InChI=1S/C12H13ClF3NO/c1-7-3-4-8(9(13)5-7)6-10(18)11(2,17)12(14,15)16/h3-5H,6,17H2,1-2H3. The van der Waals surface area contributed by atoms with Crippen LogP contribution < -0.4 is 5.73 Å². The number of hydrogen-bond donors (Lipinski definition) is 1. The quantitative estimate of drug-likeness (QED) is 0.924. The minimum atomic E-state index is -4.78. The molecule has 1 rings (SSSR count). The Morgan fingerprint density at radius 2 is 1.94 bits per heavy atom. The summed E-state index contributed by atoms with van der Waals surface area (Å²) < 4.78 is 37.7. The number of alkyl halides is 3. The van der Waals surface area contributed by atoms with Gasteiger partial charge in [-0.15, -0.1) is 0 Å². The van der Waals surface area contributed by atoms with Gasteiger partial charge in [-0.1, -0.05) is 23.7 Å². The fraction of sp³-hybridized carbons (Fsp3) is 0.417. The Labute approximate surface area is 108 Å². The first-order valence-corrected chi connectivity index (χ1v) is 5.57. The van der Waals surface area contributed by atoms with Gasteiger partial charge in [-0.2, -0.15) is 13.2 Å². The highest BCUT2D eigenvalue weighted by atomic mass is 35.5. The third-order valence-electron chi connectivity index (χ3n) is 2.73. The van der Waals surface area contributed by atoms with Crippen molar-refractivity contribution in [3.8, 4) is 0 Å². The highest BCUT2D eigenvalue weighted by molar-refractivity contribution is 6.31. The molecule has 18 heavy (non-hydrogen) atoms. The van der Waals surface area contributed by atoms with Gasteiger partial charge in [-0.05, 0) is 31.0 Å². The Morgan fingerprint density at radius 3 is 2.39 bits per heavy atom. The van der Waals surface area contributed by atoms with Crippen LogP contribution in [0.5, 0.6) is 0 Å². The molecule has 0 spiro atoms. The summed E-state index contributed by atoms with van der Waals surface area (Å²) in [6, 6.07) is 4.80. The number of carbonyl (C=O) groups is 1. The molecule has 0 radical (unpaired) electrons. The smallest absolute Gasteiger partial charge is 0.312 e. The first kappa shape index (κ1) is 15.0. The normalized spacial score (nSPS) is 15.3. The summed E-state index contributed by atoms with van der Waals surface area (Å²) in [7, 11) is 0. The van der Waals surface area contributed by atoms with E-state index >= 15 is 0 Å². The van der Waals surface area contributed by atoms with Gasteiger partial charge in [0, 0.05) is 11.4 Å². The maximum atomic E-state index is 12.6. The second kappa shape index (κ2) is 4.90. The van der Waals surface area contributed by atoms with Crippen LogP contribution in [0.2, 0.25) is 5.02 Å². The zero-order valence-corrected chi connectivity index (χ0v) is 10.7. The van der Waals surface area contributed by atoms with Gasteiger partial charge in [0.05, 0.1) is 0 Å². The molecule has 0 saturated heterocycles. The molecular weight excluding hydrogens is 267 g/mol. The molecule has 1 unspecified atom stereocenters. The number of rotatable bonds is 3. The number of hydrogen-bond acceptors (Lipinski definition) is 2. The van der Waals surface area contributed by atoms with E-state index in [-0.39, 0.29) is 5.02 Å². The number of Topliss-reactive ketones (excluding diaryl/α,β-unsaturated/α-hetero) is 1. The van der Waals surface area contributed by atoms with Crippen molar-refractivity contribution in [3.63, 3.8) is 0 Å². The molecule has 0 aliphatic rings. The van der Waals surface area contributed by atoms with Crippen molar-refractivity contribution in [2.45, 2.75) is 32.0 Å². The summed E-state index contributed by atoms with van der Waals surface area (Å²) in [5.74, 6) is -1.11. The van der Waals surface area contributed by atoms with E-state index in [9.17, 15) is 18.0 Å². The summed E-state index contributed by atoms with van der Waals surface area (Å²) in [6.07, 6.45) is -5.22. The molecule has 1 aromatic rings. The van der Waals surface area contributed by atoms with Gasteiger partial charge in [-0.25, -0.2) is 0 Å². The molecule has 0 bridgehead atoms. The van der Waals surface area contributed by atoms with E-state index in [1.165, 1.54) is 6.07 Å². The second-order valence-corrected chi connectivity index (χ2v) is 4.80. The molecule has 6 heteroatoms. The first-order valence-electron chi connectivity index (χ1n) is 5.19. The number of halogens is 4. The van der Waals surface area contributed by atoms with E-state index in [0.29, 0.717) is 12.5 Å². The Morgan fingerprint density at radius 1 is 1.39 bits per heavy atom. The average Bonchev–Trinajstić information content (AvgIpc) is 2.20. The second-order valence-electron chi connectivity index (χ2n) is 4.39. The lowest BCUT2D eigenvalue weighted by molar-refractivity contribution is -0.185. The molecule has 0 aliphatic heterocycles. The highest BCUT2D eigenvalue weighted by Gasteiger charge is 2.53. The fourth-order valence-electron chi connectivity index (χ4n) is 1.31. The van der Waals surface area contributed by atoms with Crippen LogP contribution >= 0.6 is 11.6 Å². The summed E-state index contributed by atoms with van der Waals surface area (Å²) >= 11 is 5.86. The summed E-state index contributed by atoms with van der Waals surface area (Å²) in [4.78, 5) is 11.6. The van der Waals surface area contributed by atoms with E-state index in [4.69, 9.17) is 17.3 Å². The molecule has 0 amide bonds. The van der Waals surface area contributed by atoms with Crippen LogP contribution in [0.15, 0.2) is 18.2 Å². The summed E-state index contributed by atoms with van der Waals surface area (Å²) in [6.45, 7) is 2.46. The molecule has 2 nitrogen and oxygen atoms in total. The SMILES string of the molecule is Cc1ccc(CC(=O)C(C)(N)C(F)(F)F)c(Cl)c1. The number of carbonyl (C=O) groups excluding carboxylic acids is 1. The van der Waals surface area contributed by atoms with Crippen molar-refractivity contribution in [2.75, 3.05) is 0 Å². The van der Waals surface area contributed by atoms with Gasteiger partial charge in [-0.3, -0.25) is 4.79 Å². The molecule has 0 fully saturated rings. The highest BCUT2D eigenvalue weighted by Crippen LogP contribution is 2.30. The van der Waals surface area contributed by atoms with E-state index in [1.807, 2.05) is 0 Å². The van der Waals surface area contributed by atoms with Crippen LogP contribution in [0.4, 0.5) is 13.2 Å². The largest absolute Gasteiger partial charge is 0.413 e. The van der Waals surface area contributed by atoms with Crippen LogP contribution in [-0.2, 0) is 11.2 Å². The van der Waals surface area contributed by atoms with Crippen LogP contribution in [0.1, 0.15) is 18.1 Å². The van der Waals surface area contributed by atoms with Gasteiger partial charge < -0.3 is 5.73 Å². The van der Waals surface area contributed by atoms with Gasteiger partial charge in [0.15, 0.2) is 11.3 Å². The van der Waals surface area contributed by atoms with Crippen LogP contribution in [0.25, 0.3) is 0 Å². The van der Waals surface area contributed by atoms with Crippen LogP contribution in [0.3, 0.4) is 0 Å². The fourth-order valence-corrected chi connectivity index (χ4v) is 1.61. The number of aryl methyl sites for hydroxylation is 1. The maximum absolute atomic E-state index is 12.6. The molecule has 1 atom stereocenters. The van der Waals surface area contributed by atoms with Gasteiger partial charge in [0.1, 0.15) is 0 Å². The number of nitrogens with two attached hydrogens (primary N) is 1. The molecule has 0 heterocycles. The predicted molar refractivity (Wildman–Crippen MR) is 63.5 cm³/mol. The summed E-state index contributed by atoms with van der Waals surface area (Å²) in [5.41, 5.74) is 3.39. The predicted octanol–water partition coefficient (Wildman–Crippen LogP) is 3.04. The Hall–Kier alpha value is -1.07. The molecule has 100 valence electrons. The van der Waals surface area contributed by atoms with Crippen LogP contribution in [-0.4, -0.2) is 17.5 Å². The lowest BCUT2D eigenvalue weighted by Crippen LogP contribution is -2.57. The molecular formula is C12H13ClF3NO. The summed E-state index contributed by atoms with van der Waals surface area (Å²) in [5, 5.41) is 0.265. The van der Waals surface area contributed by atoms with Crippen molar-refractivity contribution in [1.29, 1.82) is 0 Å². The Balaban J connectivity index is 2.95.